The molecule has 0 aliphatic rings. The van der Waals surface area contributed by atoms with Crippen LogP contribution in [0.15, 0.2) is 35.1 Å². The first-order valence-electron chi connectivity index (χ1n) is 4.90. The lowest BCUT2D eigenvalue weighted by Gasteiger charge is -2.09. The van der Waals surface area contributed by atoms with Crippen molar-refractivity contribution in [1.29, 1.82) is 0 Å². The zero-order chi connectivity index (χ0) is 10.8. The summed E-state index contributed by atoms with van der Waals surface area (Å²) in [5.74, 6) is 0. The highest BCUT2D eigenvalue weighted by Gasteiger charge is 2.03. The summed E-state index contributed by atoms with van der Waals surface area (Å²) in [6.07, 6.45) is 3.81. The second-order valence-electron chi connectivity index (χ2n) is 3.73. The van der Waals surface area contributed by atoms with Crippen LogP contribution in [0.5, 0.6) is 0 Å². The summed E-state index contributed by atoms with van der Waals surface area (Å²) < 4.78 is 2.97. The number of aryl methyl sites for hydroxylation is 2. The van der Waals surface area contributed by atoms with Crippen molar-refractivity contribution >= 4 is 15.9 Å². The fraction of sp³-hybridized carbons (Fsp3) is 0.250. The van der Waals surface area contributed by atoms with Crippen molar-refractivity contribution in [3.05, 3.63) is 51.8 Å². The van der Waals surface area contributed by atoms with E-state index in [9.17, 15) is 0 Å². The summed E-state index contributed by atoms with van der Waals surface area (Å²) in [5.41, 5.74) is 4.00. The molecule has 2 aromatic rings. The molecule has 0 N–H and O–H groups in total. The highest BCUT2D eigenvalue weighted by atomic mass is 79.9. The lowest BCUT2D eigenvalue weighted by Crippen LogP contribution is -2.03. The molecule has 15 heavy (non-hydrogen) atoms. The number of hydrogen-bond donors (Lipinski definition) is 0. The van der Waals surface area contributed by atoms with E-state index in [2.05, 4.69) is 53.1 Å². The quantitative estimate of drug-likeness (QED) is 0.814. The molecular weight excluding hydrogens is 252 g/mol. The SMILES string of the molecule is Cc1cccc(C)c1Cn1cc(Br)cn1. The number of hydrogen-bond acceptors (Lipinski definition) is 1. The van der Waals surface area contributed by atoms with Crippen LogP contribution in [0.3, 0.4) is 0 Å². The normalized spacial score (nSPS) is 10.6. The topological polar surface area (TPSA) is 17.8 Å². The van der Waals surface area contributed by atoms with E-state index in [0.29, 0.717) is 0 Å². The maximum absolute atomic E-state index is 4.26. The number of nitrogens with zero attached hydrogens (tertiary/aromatic N) is 2. The first-order valence-corrected chi connectivity index (χ1v) is 5.69. The van der Waals surface area contributed by atoms with Gasteiger partial charge in [-0.3, -0.25) is 4.68 Å². The number of halogens is 1. The van der Waals surface area contributed by atoms with Crippen molar-refractivity contribution in [2.45, 2.75) is 20.4 Å². The molecule has 0 bridgehead atoms. The van der Waals surface area contributed by atoms with Crippen LogP contribution in [0.25, 0.3) is 0 Å². The molecule has 2 nitrogen and oxygen atoms in total. The average Bonchev–Trinajstić information content (AvgIpc) is 2.58. The van der Waals surface area contributed by atoms with Crippen LogP contribution in [-0.4, -0.2) is 9.78 Å². The van der Waals surface area contributed by atoms with Gasteiger partial charge in [0.05, 0.1) is 17.2 Å². The zero-order valence-electron chi connectivity index (χ0n) is 8.87. The molecular formula is C12H13BrN2. The first-order chi connectivity index (χ1) is 7.16. The van der Waals surface area contributed by atoms with Crippen molar-refractivity contribution in [3.8, 4) is 0 Å². The van der Waals surface area contributed by atoms with E-state index in [-0.39, 0.29) is 0 Å². The molecule has 0 fully saturated rings. The zero-order valence-corrected chi connectivity index (χ0v) is 10.5. The lowest BCUT2D eigenvalue weighted by molar-refractivity contribution is 0.681. The van der Waals surface area contributed by atoms with Gasteiger partial charge in [-0.05, 0) is 46.5 Å². The van der Waals surface area contributed by atoms with Crippen molar-refractivity contribution < 1.29 is 0 Å². The molecule has 0 aliphatic heterocycles. The molecule has 78 valence electrons. The standard InChI is InChI=1S/C12H13BrN2/c1-9-4-3-5-10(2)12(9)8-15-7-11(13)6-14-15/h3-7H,8H2,1-2H3. The van der Waals surface area contributed by atoms with Crippen LogP contribution in [0, 0.1) is 13.8 Å². The summed E-state index contributed by atoms with van der Waals surface area (Å²) >= 11 is 3.40. The molecule has 0 saturated heterocycles. The van der Waals surface area contributed by atoms with Crippen LogP contribution in [0.4, 0.5) is 0 Å². The Kier molecular flexibility index (Phi) is 2.91. The van der Waals surface area contributed by atoms with E-state index in [1.54, 1.807) is 0 Å². The van der Waals surface area contributed by atoms with E-state index in [4.69, 9.17) is 0 Å². The van der Waals surface area contributed by atoms with Gasteiger partial charge in [0.25, 0.3) is 0 Å². The van der Waals surface area contributed by atoms with Crippen molar-refractivity contribution in [2.75, 3.05) is 0 Å². The van der Waals surface area contributed by atoms with Gasteiger partial charge in [-0.2, -0.15) is 5.10 Å². The maximum atomic E-state index is 4.26. The van der Waals surface area contributed by atoms with Gasteiger partial charge in [-0.25, -0.2) is 0 Å². The predicted octanol–water partition coefficient (Wildman–Crippen LogP) is 3.31. The van der Waals surface area contributed by atoms with Crippen molar-refractivity contribution in [1.82, 2.24) is 9.78 Å². The second-order valence-corrected chi connectivity index (χ2v) is 4.64. The van der Waals surface area contributed by atoms with E-state index in [1.165, 1.54) is 16.7 Å². The van der Waals surface area contributed by atoms with Crippen LogP contribution in [0.1, 0.15) is 16.7 Å². The fourth-order valence-corrected chi connectivity index (χ4v) is 2.01. The largest absolute Gasteiger partial charge is 0.267 e. The number of aromatic nitrogens is 2. The van der Waals surface area contributed by atoms with E-state index < -0.39 is 0 Å². The predicted molar refractivity (Wildman–Crippen MR) is 64.9 cm³/mol. The fourth-order valence-electron chi connectivity index (χ4n) is 1.69. The number of benzene rings is 1. The molecule has 1 aromatic heterocycles. The summed E-state index contributed by atoms with van der Waals surface area (Å²) in [6, 6.07) is 6.37. The smallest absolute Gasteiger partial charge is 0.0664 e. The van der Waals surface area contributed by atoms with Crippen LogP contribution < -0.4 is 0 Å². The van der Waals surface area contributed by atoms with Crippen LogP contribution in [0.2, 0.25) is 0 Å². The minimum atomic E-state index is 0.837. The number of rotatable bonds is 2. The first kappa shape index (κ1) is 10.4. The molecule has 0 amide bonds. The van der Waals surface area contributed by atoms with Gasteiger partial charge in [0.2, 0.25) is 0 Å². The average molecular weight is 265 g/mol. The molecule has 3 heteroatoms. The third-order valence-electron chi connectivity index (χ3n) is 2.57. The van der Waals surface area contributed by atoms with Crippen LogP contribution in [-0.2, 0) is 6.54 Å². The molecule has 0 radical (unpaired) electrons. The third-order valence-corrected chi connectivity index (χ3v) is 2.98. The summed E-state index contributed by atoms with van der Waals surface area (Å²) in [4.78, 5) is 0. The Labute approximate surface area is 98.1 Å². The molecule has 0 unspecified atom stereocenters. The molecule has 1 heterocycles. The van der Waals surface area contributed by atoms with E-state index in [0.717, 1.165) is 11.0 Å². The summed E-state index contributed by atoms with van der Waals surface area (Å²) in [7, 11) is 0. The van der Waals surface area contributed by atoms with Crippen LogP contribution >= 0.6 is 15.9 Å². The van der Waals surface area contributed by atoms with Gasteiger partial charge in [-0.1, -0.05) is 18.2 Å². The Morgan fingerprint density at radius 2 is 1.93 bits per heavy atom. The minimum absolute atomic E-state index is 0.837. The van der Waals surface area contributed by atoms with Gasteiger partial charge in [0, 0.05) is 6.20 Å². The molecule has 0 saturated carbocycles. The Hall–Kier alpha value is -1.09. The Morgan fingerprint density at radius 1 is 1.27 bits per heavy atom. The summed E-state index contributed by atoms with van der Waals surface area (Å²) in [6.45, 7) is 5.12. The van der Waals surface area contributed by atoms with Gasteiger partial charge in [0.15, 0.2) is 0 Å². The third kappa shape index (κ3) is 2.29. The van der Waals surface area contributed by atoms with Gasteiger partial charge >= 0.3 is 0 Å². The molecule has 2 rings (SSSR count). The Morgan fingerprint density at radius 3 is 2.47 bits per heavy atom. The Balaban J connectivity index is 2.31. The van der Waals surface area contributed by atoms with Gasteiger partial charge in [0.1, 0.15) is 0 Å². The minimum Gasteiger partial charge on any atom is -0.267 e. The second kappa shape index (κ2) is 4.19. The molecule has 0 aliphatic carbocycles. The maximum Gasteiger partial charge on any atom is 0.0664 e. The molecule has 0 atom stereocenters. The molecule has 1 aromatic carbocycles. The molecule has 0 spiro atoms. The highest BCUT2D eigenvalue weighted by Crippen LogP contribution is 2.15. The Bertz CT molecular complexity index is 454. The monoisotopic (exact) mass is 264 g/mol. The van der Waals surface area contributed by atoms with Crippen molar-refractivity contribution in [2.24, 2.45) is 0 Å². The lowest BCUT2D eigenvalue weighted by atomic mass is 10.0. The summed E-state index contributed by atoms with van der Waals surface area (Å²) in [5, 5.41) is 4.26. The van der Waals surface area contributed by atoms with Gasteiger partial charge in [-0.15, -0.1) is 0 Å². The van der Waals surface area contributed by atoms with E-state index >= 15 is 0 Å². The van der Waals surface area contributed by atoms with Gasteiger partial charge < -0.3 is 0 Å². The van der Waals surface area contributed by atoms with Crippen molar-refractivity contribution in [3.63, 3.8) is 0 Å². The van der Waals surface area contributed by atoms with E-state index in [1.807, 2.05) is 17.1 Å². The highest BCUT2D eigenvalue weighted by molar-refractivity contribution is 9.10.